The molecule has 0 fully saturated rings. The Bertz CT molecular complexity index is 1180. The number of nitrogens with one attached hydrogen (secondary N) is 1. The van der Waals surface area contributed by atoms with E-state index in [1.807, 2.05) is 39.8 Å². The van der Waals surface area contributed by atoms with Crippen LogP contribution >= 0.6 is 0 Å². The van der Waals surface area contributed by atoms with Gasteiger partial charge in [-0.15, -0.1) is 0 Å². The number of hydrogen-bond acceptors (Lipinski definition) is 7. The topological polar surface area (TPSA) is 94.8 Å². The Kier molecular flexibility index (Phi) is 5.16. The number of benzene rings is 1. The van der Waals surface area contributed by atoms with E-state index in [0.717, 1.165) is 29.5 Å². The smallest absolute Gasteiger partial charge is 0.358 e. The first kappa shape index (κ1) is 20.8. The summed E-state index contributed by atoms with van der Waals surface area (Å²) >= 11 is 0. The first-order valence-corrected chi connectivity index (χ1v) is 10.2. The third-order valence-corrected chi connectivity index (χ3v) is 5.40. The lowest BCUT2D eigenvalue weighted by molar-refractivity contribution is 0.00684. The van der Waals surface area contributed by atoms with Gasteiger partial charge >= 0.3 is 11.9 Å². The molecule has 2 aromatic heterocycles. The molecule has 8 nitrogen and oxygen atoms in total. The second kappa shape index (κ2) is 7.68. The van der Waals surface area contributed by atoms with Gasteiger partial charge in [0.1, 0.15) is 5.60 Å². The van der Waals surface area contributed by atoms with E-state index < -0.39 is 11.6 Å². The number of ether oxygens (including phenoxy) is 2. The van der Waals surface area contributed by atoms with Gasteiger partial charge < -0.3 is 14.8 Å². The number of carbonyl (C=O) groups excluding carboxylic acids is 2. The van der Waals surface area contributed by atoms with Crippen molar-refractivity contribution in [1.82, 2.24) is 14.6 Å². The van der Waals surface area contributed by atoms with Gasteiger partial charge in [-0.05, 0) is 63.3 Å². The maximum atomic E-state index is 12.6. The predicted molar refractivity (Wildman–Crippen MR) is 115 cm³/mol. The van der Waals surface area contributed by atoms with Crippen LogP contribution in [0.5, 0.6) is 0 Å². The van der Waals surface area contributed by atoms with E-state index in [9.17, 15) is 9.59 Å². The summed E-state index contributed by atoms with van der Waals surface area (Å²) in [5, 5.41) is 7.65. The Morgan fingerprint density at radius 2 is 1.97 bits per heavy atom. The molecular weight excluding hydrogens is 396 g/mol. The van der Waals surface area contributed by atoms with Crippen molar-refractivity contribution in [2.45, 2.75) is 52.2 Å². The minimum absolute atomic E-state index is 0.0281. The van der Waals surface area contributed by atoms with Gasteiger partial charge in [0.15, 0.2) is 11.3 Å². The van der Waals surface area contributed by atoms with Gasteiger partial charge in [0.25, 0.3) is 0 Å². The van der Waals surface area contributed by atoms with Gasteiger partial charge in [-0.1, -0.05) is 6.07 Å². The summed E-state index contributed by atoms with van der Waals surface area (Å²) in [7, 11) is 1.33. The van der Waals surface area contributed by atoms with Crippen molar-refractivity contribution >= 4 is 23.3 Å². The molecule has 0 spiro atoms. The summed E-state index contributed by atoms with van der Waals surface area (Å²) in [4.78, 5) is 29.3. The Morgan fingerprint density at radius 1 is 1.19 bits per heavy atom. The van der Waals surface area contributed by atoms with E-state index in [0.29, 0.717) is 16.9 Å². The quantitative estimate of drug-likeness (QED) is 0.638. The molecule has 3 aromatic rings. The minimum atomic E-state index is -0.547. The molecule has 1 aliphatic carbocycles. The van der Waals surface area contributed by atoms with Gasteiger partial charge in [0, 0.05) is 6.07 Å². The summed E-state index contributed by atoms with van der Waals surface area (Å²) in [6.07, 6.45) is 5.01. The van der Waals surface area contributed by atoms with Crippen LogP contribution in [0.2, 0.25) is 0 Å². The normalized spacial score (nSPS) is 15.6. The summed E-state index contributed by atoms with van der Waals surface area (Å²) in [6, 6.07) is 5.48. The van der Waals surface area contributed by atoms with E-state index in [-0.39, 0.29) is 17.7 Å². The van der Waals surface area contributed by atoms with Crippen LogP contribution in [0.25, 0.3) is 5.65 Å². The molecule has 0 amide bonds. The van der Waals surface area contributed by atoms with Gasteiger partial charge in [0.05, 0.1) is 36.8 Å². The molecule has 0 radical (unpaired) electrons. The summed E-state index contributed by atoms with van der Waals surface area (Å²) < 4.78 is 12.1. The molecule has 0 unspecified atom stereocenters. The van der Waals surface area contributed by atoms with Gasteiger partial charge in [-0.25, -0.2) is 19.1 Å². The molecule has 0 aliphatic heterocycles. The highest BCUT2D eigenvalue weighted by molar-refractivity contribution is 5.94. The van der Waals surface area contributed by atoms with Crippen molar-refractivity contribution in [2.24, 2.45) is 0 Å². The van der Waals surface area contributed by atoms with E-state index in [1.54, 1.807) is 23.0 Å². The fraction of sp³-hybridized carbons (Fsp3) is 0.391. The average molecular weight is 422 g/mol. The lowest BCUT2D eigenvalue weighted by Crippen LogP contribution is -2.24. The lowest BCUT2D eigenvalue weighted by Gasteiger charge is -2.21. The largest absolute Gasteiger partial charge is 0.464 e. The molecule has 0 bridgehead atoms. The van der Waals surface area contributed by atoms with Crippen LogP contribution in [0.4, 0.5) is 5.69 Å². The SMILES string of the molecule is COC(=O)c1nc2ccnn2cc1N[C@H]1CCc2c1ccc(C(=O)OC(C)(C)C)c2C. The first-order valence-electron chi connectivity index (χ1n) is 10.2. The van der Waals surface area contributed by atoms with Crippen molar-refractivity contribution < 1.29 is 19.1 Å². The summed E-state index contributed by atoms with van der Waals surface area (Å²) in [6.45, 7) is 7.53. The third kappa shape index (κ3) is 3.97. The molecule has 31 heavy (non-hydrogen) atoms. The highest BCUT2D eigenvalue weighted by atomic mass is 16.6. The van der Waals surface area contributed by atoms with Crippen LogP contribution in [0, 0.1) is 6.92 Å². The van der Waals surface area contributed by atoms with Crippen LogP contribution in [-0.4, -0.2) is 39.2 Å². The van der Waals surface area contributed by atoms with Crippen molar-refractivity contribution in [2.75, 3.05) is 12.4 Å². The van der Waals surface area contributed by atoms with E-state index in [1.165, 1.54) is 7.11 Å². The van der Waals surface area contributed by atoms with Gasteiger partial charge in [-0.3, -0.25) is 0 Å². The highest BCUT2D eigenvalue weighted by Crippen LogP contribution is 2.37. The fourth-order valence-electron chi connectivity index (χ4n) is 3.98. The molecular formula is C23H26N4O4. The molecule has 2 heterocycles. The van der Waals surface area contributed by atoms with E-state index in [4.69, 9.17) is 9.47 Å². The Hall–Kier alpha value is -3.42. The third-order valence-electron chi connectivity index (χ3n) is 5.40. The number of nitrogens with zero attached hydrogens (tertiary/aromatic N) is 3. The van der Waals surface area contributed by atoms with E-state index >= 15 is 0 Å². The molecule has 162 valence electrons. The van der Waals surface area contributed by atoms with E-state index in [2.05, 4.69) is 15.4 Å². The van der Waals surface area contributed by atoms with Crippen molar-refractivity contribution in [1.29, 1.82) is 0 Å². The van der Waals surface area contributed by atoms with Crippen LogP contribution in [-0.2, 0) is 15.9 Å². The first-order chi connectivity index (χ1) is 14.7. The zero-order valence-electron chi connectivity index (χ0n) is 18.4. The molecule has 0 saturated carbocycles. The number of anilines is 1. The number of rotatable bonds is 4. The zero-order valence-corrected chi connectivity index (χ0v) is 18.4. The number of esters is 2. The monoisotopic (exact) mass is 422 g/mol. The molecule has 8 heteroatoms. The summed E-state index contributed by atoms with van der Waals surface area (Å²) in [5.74, 6) is -0.827. The number of carbonyl (C=O) groups is 2. The van der Waals surface area contributed by atoms with Gasteiger partial charge in [0.2, 0.25) is 0 Å². The molecule has 1 aliphatic rings. The number of aromatic nitrogens is 3. The predicted octanol–water partition coefficient (Wildman–Crippen LogP) is 3.88. The maximum Gasteiger partial charge on any atom is 0.358 e. The minimum Gasteiger partial charge on any atom is -0.464 e. The second-order valence-electron chi connectivity index (χ2n) is 8.67. The van der Waals surface area contributed by atoms with Crippen LogP contribution in [0.3, 0.4) is 0 Å². The molecule has 4 rings (SSSR count). The van der Waals surface area contributed by atoms with Crippen LogP contribution in [0.15, 0.2) is 30.6 Å². The molecule has 1 N–H and O–H groups in total. The number of methoxy groups -OCH3 is 1. The average Bonchev–Trinajstić information content (AvgIpc) is 3.32. The zero-order chi connectivity index (χ0) is 22.3. The van der Waals surface area contributed by atoms with Crippen molar-refractivity contribution in [3.8, 4) is 0 Å². The second-order valence-corrected chi connectivity index (χ2v) is 8.67. The molecule has 0 saturated heterocycles. The molecule has 1 aromatic carbocycles. The van der Waals surface area contributed by atoms with Crippen LogP contribution < -0.4 is 5.32 Å². The maximum absolute atomic E-state index is 12.6. The lowest BCUT2D eigenvalue weighted by atomic mass is 9.97. The van der Waals surface area contributed by atoms with Gasteiger partial charge in [-0.2, -0.15) is 5.10 Å². The number of hydrogen-bond donors (Lipinski definition) is 1. The van der Waals surface area contributed by atoms with Crippen molar-refractivity contribution in [3.63, 3.8) is 0 Å². The Balaban J connectivity index is 1.66. The van der Waals surface area contributed by atoms with Crippen LogP contribution in [0.1, 0.15) is 70.8 Å². The Labute approximate surface area is 180 Å². The van der Waals surface area contributed by atoms with Crippen molar-refractivity contribution in [3.05, 3.63) is 58.5 Å². The highest BCUT2D eigenvalue weighted by Gasteiger charge is 2.29. The molecule has 1 atom stereocenters. The number of fused-ring (bicyclic) bond motifs is 2. The standard InChI is InChI=1S/C23H26N4O4/c1-13-14-8-9-17(16(14)7-6-15(13)21(28)31-23(2,3)4)25-18-12-27-19(10-11-24-27)26-20(18)22(29)30-5/h6-7,10-12,17,25H,8-9H2,1-5H3/t17-/m0/s1. The summed E-state index contributed by atoms with van der Waals surface area (Å²) in [5.41, 5.74) is 4.54. The Morgan fingerprint density at radius 3 is 2.68 bits per heavy atom. The fourth-order valence-corrected chi connectivity index (χ4v) is 3.98.